The van der Waals surface area contributed by atoms with Gasteiger partial charge in [-0.3, -0.25) is 10.4 Å². The number of guanidine groups is 1. The van der Waals surface area contributed by atoms with Gasteiger partial charge in [-0.25, -0.2) is 5.84 Å². The molecule has 0 saturated heterocycles. The van der Waals surface area contributed by atoms with Gasteiger partial charge in [0.1, 0.15) is 0 Å². The molecule has 0 aromatic heterocycles. The Kier molecular flexibility index (Phi) is 9.55. The molecule has 0 radical (unpaired) electrons. The standard InChI is InChI=1S/C13H31N5O/c1-6-19-9-7-8-15-12(17-14)16-10-13(2,3)11-18(4)5/h6-11,14H2,1-5H3,(H2,15,16,17). The largest absolute Gasteiger partial charge is 0.382 e. The molecule has 0 bridgehead atoms. The fourth-order valence-electron chi connectivity index (χ4n) is 1.88. The van der Waals surface area contributed by atoms with E-state index in [-0.39, 0.29) is 5.41 Å². The van der Waals surface area contributed by atoms with Crippen LogP contribution in [-0.4, -0.2) is 57.8 Å². The van der Waals surface area contributed by atoms with Crippen LogP contribution >= 0.6 is 0 Å². The molecule has 4 N–H and O–H groups in total. The molecule has 6 nitrogen and oxygen atoms in total. The summed E-state index contributed by atoms with van der Waals surface area (Å²) >= 11 is 0. The Morgan fingerprint density at radius 3 is 2.58 bits per heavy atom. The van der Waals surface area contributed by atoms with Crippen molar-refractivity contribution in [3.63, 3.8) is 0 Å². The van der Waals surface area contributed by atoms with Crippen molar-refractivity contribution in [1.29, 1.82) is 0 Å². The zero-order valence-corrected chi connectivity index (χ0v) is 13.1. The van der Waals surface area contributed by atoms with E-state index in [0.717, 1.165) is 39.3 Å². The van der Waals surface area contributed by atoms with Crippen LogP contribution in [0.2, 0.25) is 0 Å². The van der Waals surface area contributed by atoms with Gasteiger partial charge in [0.2, 0.25) is 5.96 Å². The van der Waals surface area contributed by atoms with Crippen LogP contribution in [0.1, 0.15) is 27.2 Å². The van der Waals surface area contributed by atoms with Gasteiger partial charge >= 0.3 is 0 Å². The highest BCUT2D eigenvalue weighted by molar-refractivity contribution is 5.79. The van der Waals surface area contributed by atoms with Crippen LogP contribution in [-0.2, 0) is 4.74 Å². The third-order valence-electron chi connectivity index (χ3n) is 2.51. The van der Waals surface area contributed by atoms with E-state index in [9.17, 15) is 0 Å². The van der Waals surface area contributed by atoms with Gasteiger partial charge in [-0.15, -0.1) is 0 Å². The summed E-state index contributed by atoms with van der Waals surface area (Å²) in [6.45, 7) is 10.4. The number of ether oxygens (including phenoxy) is 1. The van der Waals surface area contributed by atoms with Gasteiger partial charge in [-0.05, 0) is 32.9 Å². The normalized spacial score (nSPS) is 12.9. The van der Waals surface area contributed by atoms with Gasteiger partial charge in [-0.2, -0.15) is 0 Å². The minimum Gasteiger partial charge on any atom is -0.382 e. The summed E-state index contributed by atoms with van der Waals surface area (Å²) in [6, 6.07) is 0. The number of nitrogens with zero attached hydrogens (tertiary/aromatic N) is 2. The minimum atomic E-state index is 0.124. The fourth-order valence-corrected chi connectivity index (χ4v) is 1.88. The summed E-state index contributed by atoms with van der Waals surface area (Å²) in [5.41, 5.74) is 2.73. The van der Waals surface area contributed by atoms with E-state index in [0.29, 0.717) is 5.96 Å². The molecule has 0 aliphatic carbocycles. The molecular weight excluding hydrogens is 242 g/mol. The van der Waals surface area contributed by atoms with Gasteiger partial charge in [0.15, 0.2) is 0 Å². The summed E-state index contributed by atoms with van der Waals surface area (Å²) in [5, 5.41) is 3.17. The smallest absolute Gasteiger partial charge is 0.205 e. The molecule has 0 aromatic carbocycles. The summed E-state index contributed by atoms with van der Waals surface area (Å²) in [6.07, 6.45) is 0.940. The lowest BCUT2D eigenvalue weighted by Crippen LogP contribution is -2.43. The van der Waals surface area contributed by atoms with Gasteiger partial charge in [-0.1, -0.05) is 13.8 Å². The Labute approximate surface area is 117 Å². The molecule has 0 rings (SSSR count). The molecule has 0 fully saturated rings. The van der Waals surface area contributed by atoms with E-state index in [1.165, 1.54) is 0 Å². The van der Waals surface area contributed by atoms with Gasteiger partial charge in [0, 0.05) is 32.8 Å². The Morgan fingerprint density at radius 1 is 1.37 bits per heavy atom. The minimum absolute atomic E-state index is 0.124. The number of rotatable bonds is 9. The van der Waals surface area contributed by atoms with Crippen LogP contribution in [0.25, 0.3) is 0 Å². The summed E-state index contributed by atoms with van der Waals surface area (Å²) in [4.78, 5) is 6.65. The van der Waals surface area contributed by atoms with Gasteiger partial charge in [0.25, 0.3) is 0 Å². The van der Waals surface area contributed by atoms with Crippen molar-refractivity contribution in [1.82, 2.24) is 15.6 Å². The zero-order chi connectivity index (χ0) is 14.7. The van der Waals surface area contributed by atoms with E-state index in [1.54, 1.807) is 0 Å². The number of aliphatic imine (C=N–C) groups is 1. The Balaban J connectivity index is 4.03. The lowest BCUT2D eigenvalue weighted by molar-refractivity contribution is 0.145. The SMILES string of the molecule is CCOCCCNC(=NCC(C)(C)CN(C)C)NN. The predicted octanol–water partition coefficient (Wildman–Crippen LogP) is 0.410. The zero-order valence-electron chi connectivity index (χ0n) is 13.1. The number of nitrogens with one attached hydrogen (secondary N) is 2. The van der Waals surface area contributed by atoms with Crippen LogP contribution in [0.5, 0.6) is 0 Å². The maximum Gasteiger partial charge on any atom is 0.205 e. The first-order valence-corrected chi connectivity index (χ1v) is 6.88. The second kappa shape index (κ2) is 10.00. The number of hydrogen-bond acceptors (Lipinski definition) is 4. The predicted molar refractivity (Wildman–Crippen MR) is 81.1 cm³/mol. The number of hydrogen-bond donors (Lipinski definition) is 3. The molecule has 0 aliphatic heterocycles. The maximum absolute atomic E-state index is 5.46. The van der Waals surface area contributed by atoms with Crippen molar-refractivity contribution in [2.24, 2.45) is 16.3 Å². The molecule has 0 heterocycles. The molecule has 0 unspecified atom stereocenters. The van der Waals surface area contributed by atoms with Crippen molar-refractivity contribution in [3.8, 4) is 0 Å². The summed E-state index contributed by atoms with van der Waals surface area (Å²) < 4.78 is 5.27. The Bertz CT molecular complexity index is 253. The second-order valence-corrected chi connectivity index (χ2v) is 5.69. The molecular formula is C13H31N5O. The average molecular weight is 273 g/mol. The van der Waals surface area contributed by atoms with Crippen molar-refractivity contribution < 1.29 is 4.74 Å². The van der Waals surface area contributed by atoms with Crippen LogP contribution < -0.4 is 16.6 Å². The van der Waals surface area contributed by atoms with Crippen molar-refractivity contribution in [2.75, 3.05) is 46.9 Å². The molecule has 0 atom stereocenters. The highest BCUT2D eigenvalue weighted by atomic mass is 16.5. The van der Waals surface area contributed by atoms with E-state index >= 15 is 0 Å². The Morgan fingerprint density at radius 2 is 2.05 bits per heavy atom. The third-order valence-corrected chi connectivity index (χ3v) is 2.51. The van der Waals surface area contributed by atoms with Crippen molar-refractivity contribution in [2.45, 2.75) is 27.2 Å². The number of hydrazine groups is 1. The highest BCUT2D eigenvalue weighted by Crippen LogP contribution is 2.15. The lowest BCUT2D eigenvalue weighted by atomic mass is 9.93. The first-order valence-electron chi connectivity index (χ1n) is 6.88. The number of nitrogens with two attached hydrogens (primary N) is 1. The van der Waals surface area contributed by atoms with E-state index in [2.05, 4.69) is 48.6 Å². The van der Waals surface area contributed by atoms with Crippen LogP contribution in [0.4, 0.5) is 0 Å². The maximum atomic E-state index is 5.46. The molecule has 0 spiro atoms. The highest BCUT2D eigenvalue weighted by Gasteiger charge is 2.18. The molecule has 19 heavy (non-hydrogen) atoms. The van der Waals surface area contributed by atoms with Gasteiger partial charge < -0.3 is 15.0 Å². The van der Waals surface area contributed by atoms with E-state index in [4.69, 9.17) is 10.6 Å². The Hall–Kier alpha value is -0.850. The van der Waals surface area contributed by atoms with E-state index in [1.807, 2.05) is 6.92 Å². The topological polar surface area (TPSA) is 74.9 Å². The summed E-state index contributed by atoms with van der Waals surface area (Å²) in [7, 11) is 4.14. The van der Waals surface area contributed by atoms with Crippen LogP contribution in [0.3, 0.4) is 0 Å². The third kappa shape index (κ3) is 10.7. The molecule has 114 valence electrons. The summed E-state index contributed by atoms with van der Waals surface area (Å²) in [5.74, 6) is 6.10. The molecule has 6 heteroatoms. The van der Waals surface area contributed by atoms with Crippen LogP contribution in [0, 0.1) is 5.41 Å². The molecule has 0 aromatic rings. The average Bonchev–Trinajstić information content (AvgIpc) is 2.31. The lowest BCUT2D eigenvalue weighted by Gasteiger charge is -2.26. The monoisotopic (exact) mass is 273 g/mol. The second-order valence-electron chi connectivity index (χ2n) is 5.69. The fraction of sp³-hybridized carbons (Fsp3) is 0.923. The first-order chi connectivity index (χ1) is 8.91. The first kappa shape index (κ1) is 18.1. The molecule has 0 amide bonds. The van der Waals surface area contributed by atoms with Gasteiger partial charge in [0.05, 0.1) is 0 Å². The van der Waals surface area contributed by atoms with Crippen LogP contribution in [0.15, 0.2) is 4.99 Å². The molecule has 0 aliphatic rings. The molecule has 0 saturated carbocycles. The quantitative estimate of drug-likeness (QED) is 0.186. The van der Waals surface area contributed by atoms with Crippen molar-refractivity contribution in [3.05, 3.63) is 0 Å². The van der Waals surface area contributed by atoms with Crippen molar-refractivity contribution >= 4 is 5.96 Å². The van der Waals surface area contributed by atoms with E-state index < -0.39 is 0 Å².